The standard InChI is InChI=1S/C24H40O4S/c1-2-3-4-5-6-7-8-9-10-11-12-13-14-15-19-22-24(25)28-29(26,27)23-20-17-16-18-21-23/h16-18,20-21H,2-15,19,22H2,1H3. The highest BCUT2D eigenvalue weighted by atomic mass is 32.2. The summed E-state index contributed by atoms with van der Waals surface area (Å²) in [6.45, 7) is 2.26. The van der Waals surface area contributed by atoms with Crippen molar-refractivity contribution in [3.63, 3.8) is 0 Å². The molecule has 0 saturated heterocycles. The molecule has 29 heavy (non-hydrogen) atoms. The van der Waals surface area contributed by atoms with Crippen LogP contribution in [0, 0.1) is 0 Å². The van der Waals surface area contributed by atoms with Gasteiger partial charge in [0.2, 0.25) is 0 Å². The van der Waals surface area contributed by atoms with Gasteiger partial charge in [0.05, 0.1) is 0 Å². The van der Waals surface area contributed by atoms with Gasteiger partial charge >= 0.3 is 16.1 Å². The van der Waals surface area contributed by atoms with Crippen LogP contribution >= 0.6 is 0 Å². The van der Waals surface area contributed by atoms with Gasteiger partial charge in [0.25, 0.3) is 0 Å². The van der Waals surface area contributed by atoms with Crippen molar-refractivity contribution in [2.75, 3.05) is 0 Å². The van der Waals surface area contributed by atoms with Gasteiger partial charge in [-0.15, -0.1) is 0 Å². The molecular formula is C24H40O4S. The third-order valence-electron chi connectivity index (χ3n) is 5.22. The van der Waals surface area contributed by atoms with E-state index in [2.05, 4.69) is 11.1 Å². The summed E-state index contributed by atoms with van der Waals surface area (Å²) in [7, 11) is -3.98. The third-order valence-corrected chi connectivity index (χ3v) is 6.47. The lowest BCUT2D eigenvalue weighted by Gasteiger charge is -2.06. The predicted octanol–water partition coefficient (Wildman–Crippen LogP) is 7.18. The SMILES string of the molecule is CCCCCCCCCCCCCCCCCC(=O)OS(=O)(=O)c1ccccc1. The minimum atomic E-state index is -3.98. The fraction of sp³-hybridized carbons (Fsp3) is 0.708. The van der Waals surface area contributed by atoms with Gasteiger partial charge in [0.1, 0.15) is 4.90 Å². The Morgan fingerprint density at radius 2 is 1.10 bits per heavy atom. The molecule has 0 aliphatic carbocycles. The van der Waals surface area contributed by atoms with Crippen LogP contribution in [0.4, 0.5) is 0 Å². The van der Waals surface area contributed by atoms with Gasteiger partial charge in [-0.2, -0.15) is 8.42 Å². The second-order valence-corrected chi connectivity index (χ2v) is 9.47. The Morgan fingerprint density at radius 1 is 0.690 bits per heavy atom. The zero-order valence-corrected chi connectivity index (χ0v) is 19.1. The van der Waals surface area contributed by atoms with E-state index in [1.807, 2.05) is 0 Å². The lowest BCUT2D eigenvalue weighted by molar-refractivity contribution is -0.133. The molecule has 0 aromatic heterocycles. The molecule has 4 nitrogen and oxygen atoms in total. The molecule has 0 fully saturated rings. The van der Waals surface area contributed by atoms with E-state index in [0.29, 0.717) is 6.42 Å². The van der Waals surface area contributed by atoms with E-state index in [1.54, 1.807) is 18.2 Å². The minimum Gasteiger partial charge on any atom is -0.342 e. The maximum Gasteiger partial charge on any atom is 0.341 e. The summed E-state index contributed by atoms with van der Waals surface area (Å²) in [4.78, 5) is 11.8. The number of carbonyl (C=O) groups is 1. The molecule has 0 radical (unpaired) electrons. The quantitative estimate of drug-likeness (QED) is 0.185. The molecule has 0 amide bonds. The minimum absolute atomic E-state index is 0.0184. The highest BCUT2D eigenvalue weighted by Gasteiger charge is 2.19. The van der Waals surface area contributed by atoms with Crippen molar-refractivity contribution in [2.24, 2.45) is 0 Å². The maximum atomic E-state index is 12.0. The first-order chi connectivity index (χ1) is 14.1. The van der Waals surface area contributed by atoms with E-state index in [-0.39, 0.29) is 11.3 Å². The third kappa shape index (κ3) is 13.5. The molecule has 166 valence electrons. The Labute approximate surface area is 178 Å². The highest BCUT2D eigenvalue weighted by Crippen LogP contribution is 2.15. The van der Waals surface area contributed by atoms with Crippen LogP contribution < -0.4 is 0 Å². The number of hydrogen-bond acceptors (Lipinski definition) is 4. The van der Waals surface area contributed by atoms with Crippen molar-refractivity contribution >= 4 is 16.1 Å². The van der Waals surface area contributed by atoms with Crippen LogP contribution in [-0.4, -0.2) is 14.4 Å². The molecule has 0 spiro atoms. The molecule has 0 heterocycles. The second-order valence-electron chi connectivity index (χ2n) is 7.92. The normalized spacial score (nSPS) is 11.5. The Balaban J connectivity index is 1.91. The second kappa shape index (κ2) is 16.4. The molecule has 1 aromatic rings. The van der Waals surface area contributed by atoms with E-state index >= 15 is 0 Å². The van der Waals surface area contributed by atoms with Crippen LogP contribution in [0.15, 0.2) is 35.2 Å². The van der Waals surface area contributed by atoms with Crippen molar-refractivity contribution in [1.82, 2.24) is 0 Å². The summed E-state index contributed by atoms with van der Waals surface area (Å²) in [5, 5.41) is 0. The molecule has 1 rings (SSSR count). The molecule has 0 unspecified atom stereocenters. The van der Waals surface area contributed by atoms with Crippen molar-refractivity contribution < 1.29 is 17.4 Å². The summed E-state index contributed by atoms with van der Waals surface area (Å²) in [6.07, 6.45) is 19.0. The number of rotatable bonds is 18. The molecule has 0 atom stereocenters. The average Bonchev–Trinajstić information content (AvgIpc) is 2.71. The topological polar surface area (TPSA) is 60.4 Å². The van der Waals surface area contributed by atoms with Gasteiger partial charge in [-0.05, 0) is 18.6 Å². The van der Waals surface area contributed by atoms with E-state index in [0.717, 1.165) is 12.8 Å². The monoisotopic (exact) mass is 424 g/mol. The van der Waals surface area contributed by atoms with Gasteiger partial charge in [0, 0.05) is 6.42 Å². The van der Waals surface area contributed by atoms with Crippen molar-refractivity contribution in [3.8, 4) is 0 Å². The van der Waals surface area contributed by atoms with Crippen LogP contribution in [-0.2, 0) is 19.1 Å². The molecule has 5 heteroatoms. The number of hydrogen-bond donors (Lipinski definition) is 0. The Hall–Kier alpha value is -1.36. The highest BCUT2D eigenvalue weighted by molar-refractivity contribution is 7.87. The first-order valence-corrected chi connectivity index (χ1v) is 13.0. The molecule has 1 aromatic carbocycles. The lowest BCUT2D eigenvalue weighted by atomic mass is 10.0. The molecule has 0 aliphatic rings. The Morgan fingerprint density at radius 3 is 1.55 bits per heavy atom. The van der Waals surface area contributed by atoms with Gasteiger partial charge in [-0.1, -0.05) is 115 Å². The molecule has 0 bridgehead atoms. The smallest absolute Gasteiger partial charge is 0.341 e. The van der Waals surface area contributed by atoms with E-state index in [4.69, 9.17) is 0 Å². The lowest BCUT2D eigenvalue weighted by Crippen LogP contribution is -2.13. The predicted molar refractivity (Wildman–Crippen MR) is 119 cm³/mol. The van der Waals surface area contributed by atoms with Crippen LogP contribution in [0.1, 0.15) is 110 Å². The largest absolute Gasteiger partial charge is 0.342 e. The summed E-state index contributed by atoms with van der Waals surface area (Å²) < 4.78 is 28.6. The molecular weight excluding hydrogens is 384 g/mol. The fourth-order valence-corrected chi connectivity index (χ4v) is 4.35. The summed E-state index contributed by atoms with van der Waals surface area (Å²) >= 11 is 0. The van der Waals surface area contributed by atoms with Crippen molar-refractivity contribution in [3.05, 3.63) is 30.3 Å². The fourth-order valence-electron chi connectivity index (χ4n) is 3.44. The zero-order chi connectivity index (χ0) is 21.2. The van der Waals surface area contributed by atoms with Gasteiger partial charge in [0.15, 0.2) is 0 Å². The first-order valence-electron chi connectivity index (χ1n) is 11.6. The van der Waals surface area contributed by atoms with Crippen molar-refractivity contribution in [2.45, 2.75) is 115 Å². The van der Waals surface area contributed by atoms with Crippen molar-refractivity contribution in [1.29, 1.82) is 0 Å². The van der Waals surface area contributed by atoms with Crippen LogP contribution in [0.2, 0.25) is 0 Å². The van der Waals surface area contributed by atoms with Gasteiger partial charge in [-0.25, -0.2) is 0 Å². The molecule has 0 aliphatic heterocycles. The van der Waals surface area contributed by atoms with Crippen LogP contribution in [0.5, 0.6) is 0 Å². The van der Waals surface area contributed by atoms with E-state index < -0.39 is 16.1 Å². The average molecular weight is 425 g/mol. The van der Waals surface area contributed by atoms with Gasteiger partial charge < -0.3 is 4.18 Å². The number of carbonyl (C=O) groups excluding carboxylic acids is 1. The number of benzene rings is 1. The number of unbranched alkanes of at least 4 members (excludes halogenated alkanes) is 14. The molecule has 0 saturated carbocycles. The first kappa shape index (κ1) is 25.7. The van der Waals surface area contributed by atoms with Gasteiger partial charge in [-0.3, -0.25) is 4.79 Å². The summed E-state index contributed by atoms with van der Waals surface area (Å²) in [5.74, 6) is -0.663. The Bertz CT molecular complexity index is 626. The van der Waals surface area contributed by atoms with Crippen LogP contribution in [0.25, 0.3) is 0 Å². The zero-order valence-electron chi connectivity index (χ0n) is 18.2. The maximum absolute atomic E-state index is 12.0. The molecule has 0 N–H and O–H groups in total. The Kier molecular flexibility index (Phi) is 14.6. The van der Waals surface area contributed by atoms with E-state index in [1.165, 1.54) is 89.2 Å². The summed E-state index contributed by atoms with van der Waals surface area (Å²) in [6, 6.07) is 7.79. The van der Waals surface area contributed by atoms with E-state index in [9.17, 15) is 13.2 Å². The van der Waals surface area contributed by atoms with Crippen LogP contribution in [0.3, 0.4) is 0 Å². The summed E-state index contributed by atoms with van der Waals surface area (Å²) in [5.41, 5.74) is 0.